The number of thiazole rings is 1. The van der Waals surface area contributed by atoms with Crippen LogP contribution in [0, 0.1) is 6.92 Å². The maximum atomic E-state index is 13.1. The lowest BCUT2D eigenvalue weighted by Gasteiger charge is -2.31. The molecule has 4 aromatic rings. The van der Waals surface area contributed by atoms with Gasteiger partial charge in [-0.2, -0.15) is 0 Å². The van der Waals surface area contributed by atoms with E-state index in [2.05, 4.69) is 10.5 Å². The zero-order chi connectivity index (χ0) is 24.4. The molecule has 8 heteroatoms. The Morgan fingerprint density at radius 3 is 2.43 bits per heavy atom. The van der Waals surface area contributed by atoms with Crippen LogP contribution in [0.25, 0.3) is 22.5 Å². The fourth-order valence-electron chi connectivity index (χ4n) is 4.51. The molecule has 7 nitrogen and oxygen atoms in total. The molecule has 1 aliphatic heterocycles. The predicted octanol–water partition coefficient (Wildman–Crippen LogP) is 5.58. The summed E-state index contributed by atoms with van der Waals surface area (Å²) in [6, 6.07) is 16.8. The van der Waals surface area contributed by atoms with E-state index in [4.69, 9.17) is 14.2 Å². The molecule has 178 valence electrons. The van der Waals surface area contributed by atoms with Crippen molar-refractivity contribution in [3.63, 3.8) is 0 Å². The van der Waals surface area contributed by atoms with Gasteiger partial charge in [0, 0.05) is 30.0 Å². The van der Waals surface area contributed by atoms with Gasteiger partial charge in [-0.1, -0.05) is 47.6 Å². The highest BCUT2D eigenvalue weighted by molar-refractivity contribution is 7.10. The fraction of sp³-hybridized carbons (Fsp3) is 0.259. The highest BCUT2D eigenvalue weighted by Gasteiger charge is 2.29. The molecule has 3 heterocycles. The molecular formula is C27H25N3O4S. The Morgan fingerprint density at radius 2 is 1.71 bits per heavy atom. The summed E-state index contributed by atoms with van der Waals surface area (Å²) < 4.78 is 10.4. The first kappa shape index (κ1) is 23.0. The van der Waals surface area contributed by atoms with Crippen molar-refractivity contribution in [1.82, 2.24) is 15.0 Å². The summed E-state index contributed by atoms with van der Waals surface area (Å²) in [5.74, 6) is 0.370. The van der Waals surface area contributed by atoms with Crippen LogP contribution < -0.4 is 0 Å². The molecule has 1 amide bonds. The van der Waals surface area contributed by atoms with Crippen LogP contribution in [-0.4, -0.2) is 47.1 Å². The van der Waals surface area contributed by atoms with Crippen molar-refractivity contribution in [2.24, 2.45) is 0 Å². The normalized spacial score (nSPS) is 14.2. The third-order valence-corrected chi connectivity index (χ3v) is 7.39. The summed E-state index contributed by atoms with van der Waals surface area (Å²) in [5, 5.41) is 7.40. The second-order valence-corrected chi connectivity index (χ2v) is 9.39. The van der Waals surface area contributed by atoms with Gasteiger partial charge in [-0.25, -0.2) is 9.78 Å². The Bertz CT molecular complexity index is 1350. The SMILES string of the molecule is COC(=O)c1ccccc1C(=O)N1CCC(c2nc(-c3c(-c4ccccc4)noc3C)cs2)CC1. The third-order valence-electron chi connectivity index (χ3n) is 6.38. The first-order valence-corrected chi connectivity index (χ1v) is 12.4. The number of hydrogen-bond acceptors (Lipinski definition) is 7. The van der Waals surface area contributed by atoms with Crippen molar-refractivity contribution in [1.29, 1.82) is 0 Å². The zero-order valence-electron chi connectivity index (χ0n) is 19.6. The van der Waals surface area contributed by atoms with Crippen LogP contribution in [0.15, 0.2) is 64.5 Å². The average Bonchev–Trinajstić information content (AvgIpc) is 3.55. The van der Waals surface area contributed by atoms with Gasteiger partial charge in [-0.3, -0.25) is 4.79 Å². The number of ether oxygens (including phenoxy) is 1. The molecule has 0 saturated carbocycles. The number of aromatic nitrogens is 2. The predicted molar refractivity (Wildman–Crippen MR) is 133 cm³/mol. The lowest BCUT2D eigenvalue weighted by atomic mass is 9.96. The maximum absolute atomic E-state index is 13.1. The number of piperidine rings is 1. The number of esters is 1. The van der Waals surface area contributed by atoms with Crippen LogP contribution in [0.3, 0.4) is 0 Å². The highest BCUT2D eigenvalue weighted by atomic mass is 32.1. The Hall–Kier alpha value is -3.78. The van der Waals surface area contributed by atoms with Gasteiger partial charge in [-0.05, 0) is 31.9 Å². The second kappa shape index (κ2) is 9.84. The maximum Gasteiger partial charge on any atom is 0.338 e. The Morgan fingerprint density at radius 1 is 1.03 bits per heavy atom. The number of rotatable bonds is 5. The zero-order valence-corrected chi connectivity index (χ0v) is 20.4. The molecule has 0 bridgehead atoms. The van der Waals surface area contributed by atoms with E-state index in [0.29, 0.717) is 24.2 Å². The molecule has 2 aromatic heterocycles. The lowest BCUT2D eigenvalue weighted by Crippen LogP contribution is -2.38. The minimum atomic E-state index is -0.502. The van der Waals surface area contributed by atoms with Crippen molar-refractivity contribution in [3.8, 4) is 22.5 Å². The van der Waals surface area contributed by atoms with Crippen molar-refractivity contribution in [3.05, 3.63) is 81.9 Å². The fourth-order valence-corrected chi connectivity index (χ4v) is 5.50. The topological polar surface area (TPSA) is 85.5 Å². The molecule has 2 aromatic carbocycles. The van der Waals surface area contributed by atoms with Crippen molar-refractivity contribution < 1.29 is 18.8 Å². The van der Waals surface area contributed by atoms with E-state index < -0.39 is 5.97 Å². The summed E-state index contributed by atoms with van der Waals surface area (Å²) in [6.45, 7) is 3.12. The molecule has 0 N–H and O–H groups in total. The standard InChI is InChI=1S/C27H25N3O4S/c1-17-23(24(29-34-17)18-8-4-3-5-9-18)22-16-35-25(28-22)19-12-14-30(15-13-19)26(31)20-10-6-7-11-21(20)27(32)33-2/h3-11,16,19H,12-15H2,1-2H3. The van der Waals surface area contributed by atoms with E-state index in [1.54, 1.807) is 35.6 Å². The molecule has 0 atom stereocenters. The molecule has 1 aliphatic rings. The number of likely N-dealkylation sites (tertiary alicyclic amines) is 1. The number of hydrogen-bond donors (Lipinski definition) is 0. The van der Waals surface area contributed by atoms with Gasteiger partial charge in [0.15, 0.2) is 0 Å². The number of amides is 1. The summed E-state index contributed by atoms with van der Waals surface area (Å²) in [5.41, 5.74) is 4.26. The van der Waals surface area contributed by atoms with Crippen molar-refractivity contribution >= 4 is 23.2 Å². The summed E-state index contributed by atoms with van der Waals surface area (Å²) in [4.78, 5) is 32.0. The number of carbonyl (C=O) groups is 2. The van der Waals surface area contributed by atoms with Gasteiger partial charge in [0.1, 0.15) is 11.5 Å². The number of aryl methyl sites for hydroxylation is 1. The lowest BCUT2D eigenvalue weighted by molar-refractivity contribution is 0.0586. The molecule has 0 aliphatic carbocycles. The summed E-state index contributed by atoms with van der Waals surface area (Å²) >= 11 is 1.64. The number of benzene rings is 2. The minimum Gasteiger partial charge on any atom is -0.465 e. The second-order valence-electron chi connectivity index (χ2n) is 8.50. The highest BCUT2D eigenvalue weighted by Crippen LogP contribution is 2.38. The Balaban J connectivity index is 1.31. The van der Waals surface area contributed by atoms with E-state index in [0.717, 1.165) is 46.1 Å². The summed E-state index contributed by atoms with van der Waals surface area (Å²) in [7, 11) is 1.32. The van der Waals surface area contributed by atoms with E-state index in [1.807, 2.05) is 42.2 Å². The van der Waals surface area contributed by atoms with Gasteiger partial charge in [0.25, 0.3) is 5.91 Å². The van der Waals surface area contributed by atoms with Crippen molar-refractivity contribution in [2.75, 3.05) is 20.2 Å². The van der Waals surface area contributed by atoms with Gasteiger partial charge in [0.2, 0.25) is 0 Å². The summed E-state index contributed by atoms with van der Waals surface area (Å²) in [6.07, 6.45) is 1.63. The molecule has 5 rings (SSSR count). The van der Waals surface area contributed by atoms with Gasteiger partial charge < -0.3 is 14.2 Å². The number of carbonyl (C=O) groups excluding carboxylic acids is 2. The number of nitrogens with zero attached hydrogens (tertiary/aromatic N) is 3. The van der Waals surface area contributed by atoms with Crippen LogP contribution >= 0.6 is 11.3 Å². The van der Waals surface area contributed by atoms with Crippen LogP contribution in [0.2, 0.25) is 0 Å². The minimum absolute atomic E-state index is 0.142. The first-order chi connectivity index (χ1) is 17.1. The Labute approximate surface area is 207 Å². The van der Waals surface area contributed by atoms with Crippen LogP contribution in [0.1, 0.15) is 50.2 Å². The molecule has 1 fully saturated rings. The average molecular weight is 488 g/mol. The quantitative estimate of drug-likeness (QED) is 0.342. The van der Waals surface area contributed by atoms with E-state index in [1.165, 1.54) is 7.11 Å². The first-order valence-electron chi connectivity index (χ1n) is 11.5. The van der Waals surface area contributed by atoms with E-state index in [-0.39, 0.29) is 11.8 Å². The molecule has 1 saturated heterocycles. The Kier molecular flexibility index (Phi) is 6.46. The van der Waals surface area contributed by atoms with Crippen molar-refractivity contribution in [2.45, 2.75) is 25.7 Å². The van der Waals surface area contributed by atoms with E-state index >= 15 is 0 Å². The van der Waals surface area contributed by atoms with E-state index in [9.17, 15) is 9.59 Å². The van der Waals surface area contributed by atoms with Crippen LogP contribution in [0.5, 0.6) is 0 Å². The molecule has 35 heavy (non-hydrogen) atoms. The smallest absolute Gasteiger partial charge is 0.338 e. The monoisotopic (exact) mass is 487 g/mol. The van der Waals surface area contributed by atoms with Gasteiger partial charge in [-0.15, -0.1) is 11.3 Å². The molecule has 0 spiro atoms. The largest absolute Gasteiger partial charge is 0.465 e. The molecule has 0 unspecified atom stereocenters. The molecule has 0 radical (unpaired) electrons. The van der Waals surface area contributed by atoms with Gasteiger partial charge >= 0.3 is 5.97 Å². The van der Waals surface area contributed by atoms with Crippen LogP contribution in [-0.2, 0) is 4.74 Å². The van der Waals surface area contributed by atoms with Crippen LogP contribution in [0.4, 0.5) is 0 Å². The number of methoxy groups -OCH3 is 1. The van der Waals surface area contributed by atoms with Gasteiger partial charge in [0.05, 0.1) is 34.5 Å². The molecular weight excluding hydrogens is 462 g/mol. The third kappa shape index (κ3) is 4.49.